The van der Waals surface area contributed by atoms with Crippen LogP contribution in [0.15, 0.2) is 34.7 Å². The molecule has 0 spiro atoms. The van der Waals surface area contributed by atoms with Crippen molar-refractivity contribution in [1.29, 1.82) is 0 Å². The highest BCUT2D eigenvalue weighted by Gasteiger charge is 2.21. The lowest BCUT2D eigenvalue weighted by molar-refractivity contribution is 0.102. The Balaban J connectivity index is 1.51. The van der Waals surface area contributed by atoms with Gasteiger partial charge in [0.2, 0.25) is 9.47 Å². The van der Waals surface area contributed by atoms with E-state index in [1.54, 1.807) is 24.3 Å². The molecule has 7 nitrogen and oxygen atoms in total. The van der Waals surface area contributed by atoms with Gasteiger partial charge < -0.3 is 0 Å². The van der Waals surface area contributed by atoms with Gasteiger partial charge in [-0.05, 0) is 25.0 Å². The third-order valence-corrected chi connectivity index (χ3v) is 7.99. The molecule has 0 radical (unpaired) electrons. The number of hydrogen-bond acceptors (Lipinski definition) is 7. The number of nitrogens with one attached hydrogen (secondary N) is 2. The van der Waals surface area contributed by atoms with Crippen molar-refractivity contribution in [1.82, 2.24) is 14.9 Å². The number of carbonyl (C=O) groups is 1. The lowest BCUT2D eigenvalue weighted by Crippen LogP contribution is -2.26. The molecule has 2 aromatic rings. The number of thioether (sulfide) groups is 1. The summed E-state index contributed by atoms with van der Waals surface area (Å²) < 4.78 is 26.9. The zero-order chi connectivity index (χ0) is 18.4. The second kappa shape index (κ2) is 8.94. The zero-order valence-electron chi connectivity index (χ0n) is 14.1. The van der Waals surface area contributed by atoms with Crippen molar-refractivity contribution < 1.29 is 13.2 Å². The number of sulfonamides is 1. The van der Waals surface area contributed by atoms with E-state index in [2.05, 4.69) is 20.2 Å². The van der Waals surface area contributed by atoms with Crippen LogP contribution in [0, 0.1) is 0 Å². The van der Waals surface area contributed by atoms with Gasteiger partial charge in [0.25, 0.3) is 15.9 Å². The van der Waals surface area contributed by atoms with Gasteiger partial charge in [-0.2, -0.15) is 11.8 Å². The van der Waals surface area contributed by atoms with Crippen LogP contribution in [0.3, 0.4) is 0 Å². The Kier molecular flexibility index (Phi) is 6.63. The SMILES string of the molecule is O=C(Nc1nnc(S(=O)(=O)NCCSC2CCCC2)s1)c1ccccc1. The number of carbonyl (C=O) groups excluding carboxylic acids is 1. The van der Waals surface area contributed by atoms with Gasteiger partial charge in [-0.1, -0.05) is 42.4 Å². The van der Waals surface area contributed by atoms with Crippen molar-refractivity contribution in [3.8, 4) is 0 Å². The normalized spacial score (nSPS) is 15.2. The molecule has 1 aromatic carbocycles. The van der Waals surface area contributed by atoms with E-state index < -0.39 is 10.0 Å². The summed E-state index contributed by atoms with van der Waals surface area (Å²) in [6.45, 7) is 0.356. The van der Waals surface area contributed by atoms with E-state index >= 15 is 0 Å². The quantitative estimate of drug-likeness (QED) is 0.511. The van der Waals surface area contributed by atoms with Crippen LogP contribution < -0.4 is 10.0 Å². The molecule has 1 saturated carbocycles. The molecule has 10 heteroatoms. The van der Waals surface area contributed by atoms with Crippen molar-refractivity contribution in [3.63, 3.8) is 0 Å². The van der Waals surface area contributed by atoms with Gasteiger partial charge in [0.1, 0.15) is 0 Å². The number of aromatic nitrogens is 2. The number of hydrogen-bond donors (Lipinski definition) is 2. The van der Waals surface area contributed by atoms with E-state index in [-0.39, 0.29) is 15.4 Å². The van der Waals surface area contributed by atoms with Gasteiger partial charge >= 0.3 is 0 Å². The maximum Gasteiger partial charge on any atom is 0.269 e. The Bertz CT molecular complexity index is 833. The van der Waals surface area contributed by atoms with Crippen molar-refractivity contribution >= 4 is 44.2 Å². The molecule has 1 heterocycles. The number of anilines is 1. The van der Waals surface area contributed by atoms with Crippen molar-refractivity contribution in [2.75, 3.05) is 17.6 Å². The van der Waals surface area contributed by atoms with Crippen molar-refractivity contribution in [2.24, 2.45) is 0 Å². The molecule has 1 aliphatic rings. The fourth-order valence-corrected chi connectivity index (χ4v) is 5.96. The Morgan fingerprint density at radius 3 is 2.65 bits per heavy atom. The predicted molar refractivity (Wildman–Crippen MR) is 104 cm³/mol. The molecular formula is C16H20N4O3S3. The topological polar surface area (TPSA) is 101 Å². The molecule has 3 rings (SSSR count). The fourth-order valence-electron chi connectivity index (χ4n) is 2.65. The van der Waals surface area contributed by atoms with Gasteiger partial charge in [0.05, 0.1) is 0 Å². The molecule has 1 fully saturated rings. The number of rotatable bonds is 8. The van der Waals surface area contributed by atoms with Gasteiger partial charge in [0.15, 0.2) is 0 Å². The highest BCUT2D eigenvalue weighted by Crippen LogP contribution is 2.29. The Morgan fingerprint density at radius 1 is 1.19 bits per heavy atom. The lowest BCUT2D eigenvalue weighted by atomic mass is 10.2. The van der Waals surface area contributed by atoms with Gasteiger partial charge in [-0.15, -0.1) is 10.2 Å². The molecule has 0 unspecified atom stereocenters. The summed E-state index contributed by atoms with van der Waals surface area (Å²) in [7, 11) is -3.71. The first-order chi connectivity index (χ1) is 12.5. The van der Waals surface area contributed by atoms with Crippen LogP contribution in [0.4, 0.5) is 5.13 Å². The summed E-state index contributed by atoms with van der Waals surface area (Å²) in [4.78, 5) is 12.1. The maximum absolute atomic E-state index is 12.3. The van der Waals surface area contributed by atoms with E-state index in [0.717, 1.165) is 17.1 Å². The van der Waals surface area contributed by atoms with Gasteiger partial charge in [-0.25, -0.2) is 13.1 Å². The molecule has 2 N–H and O–H groups in total. The Morgan fingerprint density at radius 2 is 1.92 bits per heavy atom. The second-order valence-corrected chi connectivity index (χ2v) is 10.2. The first-order valence-electron chi connectivity index (χ1n) is 8.36. The molecule has 26 heavy (non-hydrogen) atoms. The highest BCUT2D eigenvalue weighted by molar-refractivity contribution is 8.00. The fraction of sp³-hybridized carbons (Fsp3) is 0.438. The summed E-state index contributed by atoms with van der Waals surface area (Å²) in [6.07, 6.45) is 4.98. The van der Waals surface area contributed by atoms with Crippen molar-refractivity contribution in [2.45, 2.75) is 35.3 Å². The molecule has 140 valence electrons. The lowest BCUT2D eigenvalue weighted by Gasteiger charge is -2.08. The number of nitrogens with zero attached hydrogens (tertiary/aromatic N) is 2. The molecule has 1 amide bonds. The molecule has 1 aromatic heterocycles. The van der Waals surface area contributed by atoms with E-state index in [1.807, 2.05) is 17.8 Å². The van der Waals surface area contributed by atoms with Gasteiger partial charge in [0, 0.05) is 23.1 Å². The minimum absolute atomic E-state index is 0.147. The van der Waals surface area contributed by atoms with Crippen LogP contribution in [-0.4, -0.2) is 42.1 Å². The molecule has 0 aliphatic heterocycles. The average Bonchev–Trinajstić information content (AvgIpc) is 3.32. The van der Waals surface area contributed by atoms with E-state index in [1.165, 1.54) is 25.7 Å². The van der Waals surface area contributed by atoms with E-state index in [0.29, 0.717) is 17.4 Å². The monoisotopic (exact) mass is 412 g/mol. The highest BCUT2D eigenvalue weighted by atomic mass is 32.2. The minimum atomic E-state index is -3.71. The van der Waals surface area contributed by atoms with E-state index in [4.69, 9.17) is 0 Å². The van der Waals surface area contributed by atoms with Crippen LogP contribution in [0.25, 0.3) is 0 Å². The first kappa shape index (κ1) is 19.3. The summed E-state index contributed by atoms with van der Waals surface area (Å²) in [6, 6.07) is 8.63. The predicted octanol–water partition coefficient (Wildman–Crippen LogP) is 2.74. The third-order valence-electron chi connectivity index (χ3n) is 3.94. The zero-order valence-corrected chi connectivity index (χ0v) is 16.5. The van der Waals surface area contributed by atoms with Crippen LogP contribution in [0.1, 0.15) is 36.0 Å². The Labute approximate surface area is 161 Å². The molecule has 1 aliphatic carbocycles. The van der Waals surface area contributed by atoms with Crippen LogP contribution in [0.5, 0.6) is 0 Å². The maximum atomic E-state index is 12.3. The van der Waals surface area contributed by atoms with Crippen molar-refractivity contribution in [3.05, 3.63) is 35.9 Å². The summed E-state index contributed by atoms with van der Waals surface area (Å²) >= 11 is 2.65. The second-order valence-electron chi connectivity index (χ2n) is 5.87. The Hall–Kier alpha value is -1.49. The molecule has 0 atom stereocenters. The summed E-state index contributed by atoms with van der Waals surface area (Å²) in [5.74, 6) is 0.381. The van der Waals surface area contributed by atoms with Gasteiger partial charge in [-0.3, -0.25) is 10.1 Å². The third kappa shape index (κ3) is 5.26. The van der Waals surface area contributed by atoms with Crippen LogP contribution >= 0.6 is 23.1 Å². The summed E-state index contributed by atoms with van der Waals surface area (Å²) in [5, 5.41) is 10.8. The molecular weight excluding hydrogens is 392 g/mol. The molecule has 0 bridgehead atoms. The van der Waals surface area contributed by atoms with E-state index in [9.17, 15) is 13.2 Å². The largest absolute Gasteiger partial charge is 0.296 e. The standard InChI is InChI=1S/C16H20N4O3S3/c21-14(12-6-2-1-3-7-12)18-15-19-20-16(25-15)26(22,23)17-10-11-24-13-8-4-5-9-13/h1-3,6-7,13,17H,4-5,8-11H2,(H,18,19,21). The minimum Gasteiger partial charge on any atom is -0.296 e. The smallest absolute Gasteiger partial charge is 0.269 e. The number of benzene rings is 1. The first-order valence-corrected chi connectivity index (χ1v) is 11.7. The van der Waals surface area contributed by atoms with Crippen LogP contribution in [-0.2, 0) is 10.0 Å². The number of amides is 1. The molecule has 0 saturated heterocycles. The average molecular weight is 413 g/mol. The summed E-state index contributed by atoms with van der Waals surface area (Å²) in [5.41, 5.74) is 0.467. The van der Waals surface area contributed by atoms with Crippen LogP contribution in [0.2, 0.25) is 0 Å².